The smallest absolute Gasteiger partial charge is 0.251 e. The predicted octanol–water partition coefficient (Wildman–Crippen LogP) is 4.92. The third-order valence-electron chi connectivity index (χ3n) is 2.98. The van der Waals surface area contributed by atoms with Crippen LogP contribution < -0.4 is 0 Å². The number of hydrogen-bond acceptors (Lipinski definition) is 3. The first-order valence-corrected chi connectivity index (χ1v) is 7.92. The van der Waals surface area contributed by atoms with E-state index in [1.165, 1.54) is 0 Å². The first-order chi connectivity index (χ1) is 10.1. The monoisotopic (exact) mass is 319 g/mol. The third kappa shape index (κ3) is 4.62. The number of thioether (sulfide) groups is 1. The summed E-state index contributed by atoms with van der Waals surface area (Å²) in [4.78, 5) is 12.0. The van der Waals surface area contributed by atoms with E-state index in [1.807, 2.05) is 30.5 Å². The molecule has 0 unspecified atom stereocenters. The third-order valence-corrected chi connectivity index (χ3v) is 3.98. The SMILES string of the molecule is CSc1ccc(C/C(=C/c2ccc(Cl)cc2)[N+](=O)[O-])cc1. The standard InChI is InChI=1S/C16H14ClNO2S/c1-21-16-8-4-13(5-9-16)11-15(18(19)20)10-12-2-6-14(17)7-3-12/h2-10H,11H2,1H3/b15-10-. The lowest BCUT2D eigenvalue weighted by atomic mass is 10.1. The van der Waals surface area contributed by atoms with E-state index in [0.29, 0.717) is 11.4 Å². The van der Waals surface area contributed by atoms with Crippen molar-refractivity contribution in [2.45, 2.75) is 11.3 Å². The van der Waals surface area contributed by atoms with Gasteiger partial charge in [0.25, 0.3) is 5.70 Å². The van der Waals surface area contributed by atoms with Crippen LogP contribution in [0.4, 0.5) is 0 Å². The van der Waals surface area contributed by atoms with E-state index in [0.717, 1.165) is 16.0 Å². The van der Waals surface area contributed by atoms with Crippen molar-refractivity contribution in [2.75, 3.05) is 6.26 Å². The minimum absolute atomic E-state index is 0.161. The molecule has 0 N–H and O–H groups in total. The molecule has 0 radical (unpaired) electrons. The van der Waals surface area contributed by atoms with Gasteiger partial charge >= 0.3 is 0 Å². The Morgan fingerprint density at radius 1 is 1.19 bits per heavy atom. The minimum Gasteiger partial charge on any atom is -0.259 e. The molecule has 2 aromatic rings. The van der Waals surface area contributed by atoms with Crippen molar-refractivity contribution < 1.29 is 4.92 Å². The van der Waals surface area contributed by atoms with E-state index in [2.05, 4.69) is 0 Å². The van der Waals surface area contributed by atoms with Gasteiger partial charge in [0.15, 0.2) is 0 Å². The number of allylic oxidation sites excluding steroid dienone is 1. The lowest BCUT2D eigenvalue weighted by molar-refractivity contribution is -0.425. The van der Waals surface area contributed by atoms with Gasteiger partial charge in [0.1, 0.15) is 0 Å². The molecule has 0 atom stereocenters. The van der Waals surface area contributed by atoms with Crippen LogP contribution in [-0.2, 0) is 6.42 Å². The number of nitro groups is 1. The van der Waals surface area contributed by atoms with Gasteiger partial charge in [0.2, 0.25) is 0 Å². The largest absolute Gasteiger partial charge is 0.259 e. The quantitative estimate of drug-likeness (QED) is 0.446. The zero-order valence-corrected chi connectivity index (χ0v) is 13.0. The van der Waals surface area contributed by atoms with Gasteiger partial charge < -0.3 is 0 Å². The fourth-order valence-electron chi connectivity index (χ4n) is 1.87. The number of hydrogen-bond donors (Lipinski definition) is 0. The summed E-state index contributed by atoms with van der Waals surface area (Å²) in [6, 6.07) is 14.8. The van der Waals surface area contributed by atoms with Gasteiger partial charge in [-0.25, -0.2) is 0 Å². The van der Waals surface area contributed by atoms with E-state index in [-0.39, 0.29) is 10.6 Å². The van der Waals surface area contributed by atoms with E-state index < -0.39 is 0 Å². The topological polar surface area (TPSA) is 43.1 Å². The summed E-state index contributed by atoms with van der Waals surface area (Å²) in [6.45, 7) is 0. The lowest BCUT2D eigenvalue weighted by Crippen LogP contribution is -2.02. The Bertz CT molecular complexity index is 651. The highest BCUT2D eigenvalue weighted by Gasteiger charge is 2.12. The van der Waals surface area contributed by atoms with Gasteiger partial charge in [-0.3, -0.25) is 10.1 Å². The fraction of sp³-hybridized carbons (Fsp3) is 0.125. The number of benzene rings is 2. The van der Waals surface area contributed by atoms with Crippen LogP contribution in [0.1, 0.15) is 11.1 Å². The van der Waals surface area contributed by atoms with E-state index in [4.69, 9.17) is 11.6 Å². The Balaban J connectivity index is 2.22. The minimum atomic E-state index is -0.336. The molecule has 108 valence electrons. The van der Waals surface area contributed by atoms with Crippen LogP contribution in [0.25, 0.3) is 6.08 Å². The zero-order chi connectivity index (χ0) is 15.2. The fourth-order valence-corrected chi connectivity index (χ4v) is 2.41. The average molecular weight is 320 g/mol. The van der Waals surface area contributed by atoms with E-state index in [1.54, 1.807) is 42.1 Å². The maximum absolute atomic E-state index is 11.2. The Morgan fingerprint density at radius 3 is 2.33 bits per heavy atom. The van der Waals surface area contributed by atoms with E-state index >= 15 is 0 Å². The number of nitrogens with zero attached hydrogens (tertiary/aromatic N) is 1. The highest BCUT2D eigenvalue weighted by Crippen LogP contribution is 2.19. The van der Waals surface area contributed by atoms with Crippen molar-refractivity contribution in [3.8, 4) is 0 Å². The molecule has 0 aliphatic carbocycles. The highest BCUT2D eigenvalue weighted by atomic mass is 35.5. The second kappa shape index (κ2) is 7.29. The van der Waals surface area contributed by atoms with Gasteiger partial charge in [0.05, 0.1) is 11.3 Å². The molecule has 0 bridgehead atoms. The molecule has 2 aromatic carbocycles. The molecule has 21 heavy (non-hydrogen) atoms. The molecule has 0 aromatic heterocycles. The Morgan fingerprint density at radius 2 is 1.81 bits per heavy atom. The molecule has 0 heterocycles. The normalized spacial score (nSPS) is 11.4. The first kappa shape index (κ1) is 15.6. The van der Waals surface area contributed by atoms with Gasteiger partial charge in [-0.05, 0) is 41.6 Å². The van der Waals surface area contributed by atoms with Crippen molar-refractivity contribution in [3.63, 3.8) is 0 Å². The van der Waals surface area contributed by atoms with Crippen LogP contribution in [0.5, 0.6) is 0 Å². The zero-order valence-electron chi connectivity index (χ0n) is 11.5. The van der Waals surface area contributed by atoms with Crippen LogP contribution >= 0.6 is 23.4 Å². The van der Waals surface area contributed by atoms with Crippen molar-refractivity contribution in [2.24, 2.45) is 0 Å². The molecule has 2 rings (SSSR count). The molecule has 0 fully saturated rings. The molecule has 0 saturated heterocycles. The average Bonchev–Trinajstić information content (AvgIpc) is 2.49. The van der Waals surface area contributed by atoms with Crippen LogP contribution in [0.3, 0.4) is 0 Å². The second-order valence-corrected chi connectivity index (χ2v) is 5.79. The summed E-state index contributed by atoms with van der Waals surface area (Å²) >= 11 is 7.46. The molecular weight excluding hydrogens is 306 g/mol. The molecule has 0 aliphatic heterocycles. The van der Waals surface area contributed by atoms with Crippen LogP contribution in [-0.4, -0.2) is 11.2 Å². The Labute approximate surface area is 132 Å². The summed E-state index contributed by atoms with van der Waals surface area (Å²) in [5.41, 5.74) is 1.85. The van der Waals surface area contributed by atoms with E-state index in [9.17, 15) is 10.1 Å². The maximum Gasteiger partial charge on any atom is 0.251 e. The lowest BCUT2D eigenvalue weighted by Gasteiger charge is -2.02. The van der Waals surface area contributed by atoms with Crippen molar-refractivity contribution in [3.05, 3.63) is 80.5 Å². The van der Waals surface area contributed by atoms with Gasteiger partial charge in [-0.1, -0.05) is 35.9 Å². The molecule has 3 nitrogen and oxygen atoms in total. The summed E-state index contributed by atoms with van der Waals surface area (Å²) in [6.07, 6.45) is 3.88. The molecule has 0 amide bonds. The molecular formula is C16H14ClNO2S. The highest BCUT2D eigenvalue weighted by molar-refractivity contribution is 7.98. The van der Waals surface area contributed by atoms with Gasteiger partial charge in [-0.15, -0.1) is 11.8 Å². The second-order valence-electron chi connectivity index (χ2n) is 4.47. The van der Waals surface area contributed by atoms with Crippen molar-refractivity contribution >= 4 is 29.4 Å². The molecule has 0 saturated carbocycles. The number of rotatable bonds is 5. The summed E-state index contributed by atoms with van der Waals surface area (Å²) in [5.74, 6) is 0. The summed E-state index contributed by atoms with van der Waals surface area (Å²) in [5, 5.41) is 11.8. The summed E-state index contributed by atoms with van der Waals surface area (Å²) in [7, 11) is 0. The van der Waals surface area contributed by atoms with Gasteiger partial charge in [0, 0.05) is 16.0 Å². The van der Waals surface area contributed by atoms with Crippen LogP contribution in [0, 0.1) is 10.1 Å². The van der Waals surface area contributed by atoms with Crippen molar-refractivity contribution in [1.29, 1.82) is 0 Å². The Kier molecular flexibility index (Phi) is 5.42. The summed E-state index contributed by atoms with van der Waals surface area (Å²) < 4.78 is 0. The van der Waals surface area contributed by atoms with Crippen LogP contribution in [0.15, 0.2) is 59.1 Å². The van der Waals surface area contributed by atoms with Crippen LogP contribution in [0.2, 0.25) is 5.02 Å². The molecule has 0 aliphatic rings. The molecule has 0 spiro atoms. The van der Waals surface area contributed by atoms with Gasteiger partial charge in [-0.2, -0.15) is 0 Å². The van der Waals surface area contributed by atoms with Crippen molar-refractivity contribution in [1.82, 2.24) is 0 Å². The molecule has 5 heteroatoms. The number of halogens is 1. The first-order valence-electron chi connectivity index (χ1n) is 6.32. The maximum atomic E-state index is 11.2. The Hall–Kier alpha value is -1.78. The predicted molar refractivity (Wildman–Crippen MR) is 88.4 cm³/mol.